The number of aromatic nitrogens is 4. The minimum atomic E-state index is -0.0210. The molecule has 3 rings (SSSR count). The lowest BCUT2D eigenvalue weighted by Gasteiger charge is -2.32. The van der Waals surface area contributed by atoms with Gasteiger partial charge in [0, 0.05) is 31.7 Å². The van der Waals surface area contributed by atoms with Gasteiger partial charge in [-0.15, -0.1) is 0 Å². The predicted octanol–water partition coefficient (Wildman–Crippen LogP) is 1.46. The molecule has 104 valence electrons. The molecule has 1 amide bonds. The normalized spacial score (nSPS) is 19.1. The molecule has 0 unspecified atom stereocenters. The van der Waals surface area contributed by atoms with Crippen molar-refractivity contribution in [3.05, 3.63) is 42.2 Å². The van der Waals surface area contributed by atoms with Crippen LogP contribution in [0.1, 0.15) is 35.2 Å². The van der Waals surface area contributed by atoms with E-state index in [2.05, 4.69) is 15.1 Å². The molecule has 1 aliphatic rings. The smallest absolute Gasteiger partial charge is 0.272 e. The summed E-state index contributed by atoms with van der Waals surface area (Å²) in [5, 5.41) is 4.27. The summed E-state index contributed by atoms with van der Waals surface area (Å²) in [4.78, 5) is 22.6. The van der Waals surface area contributed by atoms with Gasteiger partial charge in [-0.05, 0) is 31.9 Å². The van der Waals surface area contributed by atoms with E-state index in [-0.39, 0.29) is 11.9 Å². The van der Waals surface area contributed by atoms with E-state index in [1.54, 1.807) is 25.4 Å². The highest BCUT2D eigenvalue weighted by Crippen LogP contribution is 2.21. The average molecular weight is 271 g/mol. The number of rotatable bonds is 2. The van der Waals surface area contributed by atoms with Gasteiger partial charge < -0.3 is 4.90 Å². The highest BCUT2D eigenvalue weighted by molar-refractivity contribution is 5.92. The third-order valence-electron chi connectivity index (χ3n) is 3.58. The second-order valence-corrected chi connectivity index (χ2v) is 5.02. The van der Waals surface area contributed by atoms with Crippen LogP contribution in [0.3, 0.4) is 0 Å². The highest BCUT2D eigenvalue weighted by Gasteiger charge is 2.26. The molecule has 20 heavy (non-hydrogen) atoms. The van der Waals surface area contributed by atoms with Gasteiger partial charge in [-0.1, -0.05) is 0 Å². The van der Waals surface area contributed by atoms with Gasteiger partial charge in [0.25, 0.3) is 5.91 Å². The zero-order valence-corrected chi connectivity index (χ0v) is 11.4. The van der Waals surface area contributed by atoms with Crippen molar-refractivity contribution in [2.45, 2.75) is 25.8 Å². The molecule has 6 nitrogen and oxygen atoms in total. The SMILES string of the molecule is Cc1nccc(C(=O)N2CCC[C@H](n3cccn3)C2)n1. The Morgan fingerprint density at radius 3 is 3.05 bits per heavy atom. The van der Waals surface area contributed by atoms with Gasteiger partial charge in [-0.3, -0.25) is 9.48 Å². The maximum atomic E-state index is 12.5. The van der Waals surface area contributed by atoms with Crippen molar-refractivity contribution in [2.75, 3.05) is 13.1 Å². The number of carbonyl (C=O) groups is 1. The first-order valence-electron chi connectivity index (χ1n) is 6.82. The Kier molecular flexibility index (Phi) is 3.45. The standard InChI is InChI=1S/C14H17N5O/c1-11-15-7-5-13(17-11)14(20)18-8-2-4-12(10-18)19-9-3-6-16-19/h3,5-7,9,12H,2,4,8,10H2,1H3/t12-/m0/s1. The maximum Gasteiger partial charge on any atom is 0.272 e. The Hall–Kier alpha value is -2.24. The van der Waals surface area contributed by atoms with Gasteiger partial charge in [-0.2, -0.15) is 5.10 Å². The van der Waals surface area contributed by atoms with Gasteiger partial charge in [0.05, 0.1) is 6.04 Å². The molecule has 0 aliphatic carbocycles. The van der Waals surface area contributed by atoms with Crippen molar-refractivity contribution in [2.24, 2.45) is 0 Å². The third-order valence-corrected chi connectivity index (χ3v) is 3.58. The fourth-order valence-electron chi connectivity index (χ4n) is 2.59. The van der Waals surface area contributed by atoms with Crippen LogP contribution < -0.4 is 0 Å². The van der Waals surface area contributed by atoms with Crippen molar-refractivity contribution < 1.29 is 4.79 Å². The van der Waals surface area contributed by atoms with Gasteiger partial charge in [0.2, 0.25) is 0 Å². The quantitative estimate of drug-likeness (QED) is 0.829. The first kappa shape index (κ1) is 12.8. The van der Waals surface area contributed by atoms with E-state index in [1.165, 1.54) is 0 Å². The predicted molar refractivity (Wildman–Crippen MR) is 73.2 cm³/mol. The second kappa shape index (κ2) is 5.40. The largest absolute Gasteiger partial charge is 0.335 e. The van der Waals surface area contributed by atoms with Crippen molar-refractivity contribution in [1.29, 1.82) is 0 Å². The number of hydrogen-bond donors (Lipinski definition) is 0. The van der Waals surface area contributed by atoms with Gasteiger partial charge in [0.15, 0.2) is 0 Å². The van der Waals surface area contributed by atoms with E-state index < -0.39 is 0 Å². The molecule has 0 saturated carbocycles. The van der Waals surface area contributed by atoms with Crippen molar-refractivity contribution in [3.8, 4) is 0 Å². The number of amides is 1. The lowest BCUT2D eigenvalue weighted by molar-refractivity contribution is 0.0666. The summed E-state index contributed by atoms with van der Waals surface area (Å²) in [6.07, 6.45) is 7.39. The second-order valence-electron chi connectivity index (χ2n) is 5.02. The molecule has 1 saturated heterocycles. The summed E-state index contributed by atoms with van der Waals surface area (Å²) >= 11 is 0. The number of hydrogen-bond acceptors (Lipinski definition) is 4. The molecular weight excluding hydrogens is 254 g/mol. The van der Waals surface area contributed by atoms with Crippen LogP contribution in [-0.2, 0) is 0 Å². The Balaban J connectivity index is 1.75. The molecule has 0 aromatic carbocycles. The van der Waals surface area contributed by atoms with Crippen molar-refractivity contribution >= 4 is 5.91 Å². The summed E-state index contributed by atoms with van der Waals surface area (Å²) in [7, 11) is 0. The molecule has 0 N–H and O–H groups in total. The number of likely N-dealkylation sites (tertiary alicyclic amines) is 1. The average Bonchev–Trinajstić information content (AvgIpc) is 3.01. The topological polar surface area (TPSA) is 63.9 Å². The molecule has 2 aromatic heterocycles. The molecule has 3 heterocycles. The number of nitrogens with zero attached hydrogens (tertiary/aromatic N) is 5. The van der Waals surface area contributed by atoms with Crippen LogP contribution in [0.5, 0.6) is 0 Å². The zero-order chi connectivity index (χ0) is 13.9. The molecule has 1 aliphatic heterocycles. The minimum absolute atomic E-state index is 0.0210. The molecule has 0 radical (unpaired) electrons. The molecule has 0 bridgehead atoms. The molecule has 0 spiro atoms. The lowest BCUT2D eigenvalue weighted by atomic mass is 10.1. The first-order valence-corrected chi connectivity index (χ1v) is 6.82. The molecule has 1 fully saturated rings. The minimum Gasteiger partial charge on any atom is -0.335 e. The zero-order valence-electron chi connectivity index (χ0n) is 11.4. The molecular formula is C14H17N5O. The molecule has 6 heteroatoms. The van der Waals surface area contributed by atoms with Crippen LogP contribution in [0.25, 0.3) is 0 Å². The van der Waals surface area contributed by atoms with E-state index in [0.717, 1.165) is 19.4 Å². The summed E-state index contributed by atoms with van der Waals surface area (Å²) in [5.74, 6) is 0.601. The fraction of sp³-hybridized carbons (Fsp3) is 0.429. The number of aryl methyl sites for hydroxylation is 1. The summed E-state index contributed by atoms with van der Waals surface area (Å²) in [6.45, 7) is 3.25. The van der Waals surface area contributed by atoms with Crippen LogP contribution >= 0.6 is 0 Å². The van der Waals surface area contributed by atoms with Crippen LogP contribution in [0.15, 0.2) is 30.7 Å². The van der Waals surface area contributed by atoms with E-state index in [9.17, 15) is 4.79 Å². The van der Waals surface area contributed by atoms with Crippen LogP contribution in [0.2, 0.25) is 0 Å². The summed E-state index contributed by atoms with van der Waals surface area (Å²) in [5.41, 5.74) is 0.471. The molecule has 1 atom stereocenters. The van der Waals surface area contributed by atoms with Gasteiger partial charge in [0.1, 0.15) is 11.5 Å². The van der Waals surface area contributed by atoms with Crippen molar-refractivity contribution in [3.63, 3.8) is 0 Å². The lowest BCUT2D eigenvalue weighted by Crippen LogP contribution is -2.41. The van der Waals surface area contributed by atoms with Crippen molar-refractivity contribution in [1.82, 2.24) is 24.6 Å². The third kappa shape index (κ3) is 2.54. The number of piperidine rings is 1. The van der Waals surface area contributed by atoms with Gasteiger partial charge in [-0.25, -0.2) is 9.97 Å². The van der Waals surface area contributed by atoms with Crippen LogP contribution in [-0.4, -0.2) is 43.6 Å². The monoisotopic (exact) mass is 271 g/mol. The molecule has 2 aromatic rings. The van der Waals surface area contributed by atoms with Gasteiger partial charge >= 0.3 is 0 Å². The highest BCUT2D eigenvalue weighted by atomic mass is 16.2. The summed E-state index contributed by atoms with van der Waals surface area (Å²) < 4.78 is 1.94. The van der Waals surface area contributed by atoms with E-state index >= 15 is 0 Å². The number of carbonyl (C=O) groups excluding carboxylic acids is 1. The van der Waals surface area contributed by atoms with E-state index in [0.29, 0.717) is 18.1 Å². The maximum absolute atomic E-state index is 12.5. The van der Waals surface area contributed by atoms with E-state index in [4.69, 9.17) is 0 Å². The fourth-order valence-corrected chi connectivity index (χ4v) is 2.59. The van der Waals surface area contributed by atoms with Crippen LogP contribution in [0.4, 0.5) is 0 Å². The summed E-state index contributed by atoms with van der Waals surface area (Å²) in [6, 6.07) is 3.84. The Morgan fingerprint density at radius 1 is 1.40 bits per heavy atom. The van der Waals surface area contributed by atoms with E-state index in [1.807, 2.05) is 21.8 Å². The first-order chi connectivity index (χ1) is 9.74. The van der Waals surface area contributed by atoms with Crippen LogP contribution in [0, 0.1) is 6.92 Å². The Bertz CT molecular complexity index is 595. The Labute approximate surface area is 117 Å². The Morgan fingerprint density at radius 2 is 2.30 bits per heavy atom.